The quantitative estimate of drug-likeness (QED) is 0.161. The molecule has 0 spiro atoms. The van der Waals surface area contributed by atoms with Gasteiger partial charge < -0.3 is 4.90 Å². The number of nitrogens with zero attached hydrogens (tertiary/aromatic N) is 3. The van der Waals surface area contributed by atoms with Gasteiger partial charge in [0.25, 0.3) is 6.71 Å². The third-order valence-corrected chi connectivity index (χ3v) is 19.2. The van der Waals surface area contributed by atoms with Crippen LogP contribution in [0.25, 0.3) is 0 Å². The van der Waals surface area contributed by atoms with Crippen LogP contribution in [0.1, 0.15) is 212 Å². The maximum absolute atomic E-state index is 5.77. The zero-order valence-corrected chi connectivity index (χ0v) is 43.9. The Labute approximate surface area is 399 Å². The number of hydrogen-bond donors (Lipinski definition) is 0. The van der Waals surface area contributed by atoms with Crippen molar-refractivity contribution >= 4 is 57.4 Å². The van der Waals surface area contributed by atoms with Crippen LogP contribution in [0.4, 0.5) is 34.3 Å². The number of hydrogen-bond acceptors (Lipinski definition) is 3. The normalized spacial score (nSPS) is 23.3. The predicted octanol–water partition coefficient (Wildman–Crippen LogP) is 14.9. The van der Waals surface area contributed by atoms with Crippen molar-refractivity contribution in [3.63, 3.8) is 0 Å². The van der Waals surface area contributed by atoms with Crippen LogP contribution in [-0.4, -0.2) is 11.7 Å². The van der Waals surface area contributed by atoms with Gasteiger partial charge in [-0.15, -0.1) is 0 Å². The molecule has 6 aliphatic rings. The van der Waals surface area contributed by atoms with E-state index in [9.17, 15) is 0 Å². The number of benzene rings is 4. The fraction of sp³-hybridized carbons (Fsp3) is 0.532. The molecule has 66 heavy (non-hydrogen) atoms. The average Bonchev–Trinajstić information content (AvgIpc) is 3.23. The lowest BCUT2D eigenvalue weighted by atomic mass is 9.33. The highest BCUT2D eigenvalue weighted by Crippen LogP contribution is 2.55. The summed E-state index contributed by atoms with van der Waals surface area (Å²) in [5, 5.41) is 0. The summed E-state index contributed by atoms with van der Waals surface area (Å²) in [6.45, 7) is 41.9. The summed E-state index contributed by atoms with van der Waals surface area (Å²) in [5.41, 5.74) is 24.5. The van der Waals surface area contributed by atoms with Crippen LogP contribution < -0.4 is 26.2 Å². The summed E-state index contributed by atoms with van der Waals surface area (Å²) in [6, 6.07) is 28.2. The molecule has 0 radical (unpaired) electrons. The van der Waals surface area contributed by atoms with E-state index in [4.69, 9.17) is 4.98 Å². The molecule has 4 aliphatic carbocycles. The van der Waals surface area contributed by atoms with E-state index in [1.54, 1.807) is 0 Å². The molecule has 3 nitrogen and oxygen atoms in total. The first kappa shape index (κ1) is 44.2. The van der Waals surface area contributed by atoms with Crippen LogP contribution in [0.15, 0.2) is 66.7 Å². The summed E-state index contributed by atoms with van der Waals surface area (Å²) in [7, 11) is 0. The van der Waals surface area contributed by atoms with Gasteiger partial charge in [0.15, 0.2) is 0 Å². The Morgan fingerprint density at radius 2 is 0.682 bits per heavy atom. The van der Waals surface area contributed by atoms with Crippen molar-refractivity contribution in [2.24, 2.45) is 0 Å². The molecule has 1 aromatic heterocycles. The molecule has 4 aromatic carbocycles. The molecule has 0 fully saturated rings. The van der Waals surface area contributed by atoms with Gasteiger partial charge in [-0.25, -0.2) is 4.98 Å². The number of pyridine rings is 1. The number of aromatic nitrogens is 1. The molecular formula is C62H78BN3. The summed E-state index contributed by atoms with van der Waals surface area (Å²) < 4.78 is 0. The zero-order chi connectivity index (χ0) is 47.3. The molecule has 0 saturated heterocycles. The van der Waals surface area contributed by atoms with E-state index >= 15 is 0 Å². The zero-order valence-electron chi connectivity index (χ0n) is 43.9. The van der Waals surface area contributed by atoms with Crippen molar-refractivity contribution in [3.8, 4) is 0 Å². The molecule has 0 bridgehead atoms. The van der Waals surface area contributed by atoms with Gasteiger partial charge in [0, 0.05) is 34.1 Å². The molecule has 3 heterocycles. The molecule has 0 N–H and O–H groups in total. The fourth-order valence-electron chi connectivity index (χ4n) is 14.1. The van der Waals surface area contributed by atoms with Gasteiger partial charge in [-0.1, -0.05) is 135 Å². The summed E-state index contributed by atoms with van der Waals surface area (Å²) >= 11 is 0. The molecule has 344 valence electrons. The smallest absolute Gasteiger partial charge is 0.254 e. The van der Waals surface area contributed by atoms with E-state index in [1.807, 2.05) is 0 Å². The van der Waals surface area contributed by atoms with Crippen molar-refractivity contribution in [1.29, 1.82) is 0 Å². The van der Waals surface area contributed by atoms with E-state index in [-0.39, 0.29) is 50.0 Å². The van der Waals surface area contributed by atoms with Crippen molar-refractivity contribution in [1.82, 2.24) is 4.98 Å². The minimum absolute atomic E-state index is 0.0267. The molecule has 0 unspecified atom stereocenters. The van der Waals surface area contributed by atoms with Gasteiger partial charge in [0.1, 0.15) is 5.82 Å². The van der Waals surface area contributed by atoms with Gasteiger partial charge in [-0.2, -0.15) is 0 Å². The van der Waals surface area contributed by atoms with Crippen molar-refractivity contribution in [2.75, 3.05) is 9.80 Å². The number of anilines is 6. The van der Waals surface area contributed by atoms with E-state index in [2.05, 4.69) is 194 Å². The van der Waals surface area contributed by atoms with Crippen molar-refractivity contribution < 1.29 is 0 Å². The number of rotatable bonds is 2. The van der Waals surface area contributed by atoms with Crippen LogP contribution in [0.3, 0.4) is 0 Å². The third kappa shape index (κ3) is 6.23. The average molecular weight is 876 g/mol. The fourth-order valence-corrected chi connectivity index (χ4v) is 14.1. The third-order valence-electron chi connectivity index (χ3n) is 19.2. The van der Waals surface area contributed by atoms with Gasteiger partial charge in [0.2, 0.25) is 0 Å². The molecule has 2 aliphatic heterocycles. The Hall–Kier alpha value is -4.31. The second kappa shape index (κ2) is 13.5. The minimum atomic E-state index is 0.0267. The highest BCUT2D eigenvalue weighted by molar-refractivity contribution is 7.00. The Morgan fingerprint density at radius 3 is 1.08 bits per heavy atom. The van der Waals surface area contributed by atoms with Crippen molar-refractivity contribution in [2.45, 2.75) is 212 Å². The number of fused-ring (bicyclic) bond motifs is 8. The van der Waals surface area contributed by atoms with Gasteiger partial charge in [-0.05, 0) is 205 Å². The molecule has 4 heteroatoms. The lowest BCUT2D eigenvalue weighted by molar-refractivity contribution is 0.332. The van der Waals surface area contributed by atoms with E-state index in [1.165, 1.54) is 141 Å². The standard InChI is InChI=1S/C62H78BN3/c1-37-30-52-53-54(64-37)66(39-19-21-41-43(32-39)58(8,9)25-23-56(41,4)5)51-36-47-45(60(12,13)27-29-62(47,16)17)34-49(51)63(53)48-33-44-46(61(14,15)28-26-59(44,10)11)35-50(48)65(52)38-18-20-40-42(31-38)57(6,7)24-22-55(40,2)3/h18-21,30-36H,22-29H2,1-17H3. The Bertz CT molecular complexity index is 2720. The first-order chi connectivity index (χ1) is 30.5. The van der Waals surface area contributed by atoms with Crippen LogP contribution >= 0.6 is 0 Å². The first-order valence-electron chi connectivity index (χ1n) is 25.8. The highest BCUT2D eigenvalue weighted by Gasteiger charge is 2.50. The summed E-state index contributed by atoms with van der Waals surface area (Å²) in [6.07, 6.45) is 9.52. The highest BCUT2D eigenvalue weighted by atomic mass is 15.2. The monoisotopic (exact) mass is 876 g/mol. The largest absolute Gasteiger partial charge is 0.311 e. The van der Waals surface area contributed by atoms with Gasteiger partial charge in [0.05, 0.1) is 0 Å². The maximum Gasteiger partial charge on any atom is 0.254 e. The lowest BCUT2D eigenvalue weighted by Crippen LogP contribution is -2.62. The molecular weight excluding hydrogens is 798 g/mol. The Morgan fingerprint density at radius 1 is 0.364 bits per heavy atom. The SMILES string of the molecule is Cc1cc2c3c(n1)N(c1ccc4c(c1)C(C)(C)CCC4(C)C)c1cc4c(cc1B3c1cc3c(cc1N2c1ccc2c(c1)C(C)(C)CCC2(C)C)C(C)(C)CCC3(C)C)C(C)(C)CCC4(C)C. The Balaban J connectivity index is 1.27. The molecule has 11 rings (SSSR count). The number of aryl methyl sites for hydroxylation is 1. The molecule has 0 atom stereocenters. The second-order valence-corrected chi connectivity index (χ2v) is 27.6. The minimum Gasteiger partial charge on any atom is -0.311 e. The Kier molecular flexibility index (Phi) is 9.03. The van der Waals surface area contributed by atoms with E-state index < -0.39 is 0 Å². The predicted molar refractivity (Wildman–Crippen MR) is 284 cm³/mol. The molecule has 5 aromatic rings. The van der Waals surface area contributed by atoms with Crippen molar-refractivity contribution in [3.05, 3.63) is 117 Å². The van der Waals surface area contributed by atoms with E-state index in [0.717, 1.165) is 11.5 Å². The second-order valence-electron chi connectivity index (χ2n) is 27.6. The topological polar surface area (TPSA) is 19.4 Å². The van der Waals surface area contributed by atoms with Gasteiger partial charge in [-0.3, -0.25) is 4.90 Å². The molecule has 0 saturated carbocycles. The summed E-state index contributed by atoms with van der Waals surface area (Å²) in [4.78, 5) is 11.1. The van der Waals surface area contributed by atoms with Crippen LogP contribution in [-0.2, 0) is 43.3 Å². The maximum atomic E-state index is 5.77. The van der Waals surface area contributed by atoms with Crippen LogP contribution in [0, 0.1) is 6.92 Å². The van der Waals surface area contributed by atoms with E-state index in [0.29, 0.717) is 0 Å². The van der Waals surface area contributed by atoms with Gasteiger partial charge >= 0.3 is 0 Å². The lowest BCUT2D eigenvalue weighted by Gasteiger charge is -2.49. The van der Waals surface area contributed by atoms with Crippen LogP contribution in [0.5, 0.6) is 0 Å². The molecule has 0 amide bonds. The van der Waals surface area contributed by atoms with Crippen LogP contribution in [0.2, 0.25) is 0 Å². The summed E-state index contributed by atoms with van der Waals surface area (Å²) in [5.74, 6) is 1.09. The first-order valence-corrected chi connectivity index (χ1v) is 25.8.